The van der Waals surface area contributed by atoms with Crippen LogP contribution in [0.4, 0.5) is 0 Å². The second kappa shape index (κ2) is 8.50. The summed E-state index contributed by atoms with van der Waals surface area (Å²) in [5.74, 6) is -1.12. The molecule has 0 aromatic rings. The zero-order chi connectivity index (χ0) is 12.4. The van der Waals surface area contributed by atoms with Gasteiger partial charge in [0.25, 0.3) is 0 Å². The van der Waals surface area contributed by atoms with Crippen molar-refractivity contribution in [3.63, 3.8) is 0 Å². The highest BCUT2D eigenvalue weighted by Gasteiger charge is 2.34. The maximum Gasteiger partial charge on any atom is 0.218 e. The third-order valence-electron chi connectivity index (χ3n) is 2.21. The highest BCUT2D eigenvalue weighted by atomic mass is 16.7. The summed E-state index contributed by atoms with van der Waals surface area (Å²) in [6.07, 6.45) is 6.31. The highest BCUT2D eigenvalue weighted by molar-refractivity contribution is 5.05. The number of allylic oxidation sites excluding steroid dienone is 1. The van der Waals surface area contributed by atoms with Crippen molar-refractivity contribution in [1.29, 1.82) is 0 Å². The van der Waals surface area contributed by atoms with Gasteiger partial charge in [-0.05, 0) is 26.3 Å². The first kappa shape index (κ1) is 15.4. The molecule has 94 valence electrons. The number of hydrogen-bond acceptors (Lipinski definition) is 3. The van der Waals surface area contributed by atoms with Gasteiger partial charge in [0.2, 0.25) is 5.79 Å². The predicted molar refractivity (Wildman–Crippen MR) is 66.2 cm³/mol. The van der Waals surface area contributed by atoms with Crippen LogP contribution in [-0.4, -0.2) is 30.2 Å². The van der Waals surface area contributed by atoms with E-state index in [2.05, 4.69) is 13.5 Å². The molecule has 0 aliphatic heterocycles. The third-order valence-corrected chi connectivity index (χ3v) is 2.21. The maximum atomic E-state index is 10.0. The Balaban J connectivity index is 4.64. The summed E-state index contributed by atoms with van der Waals surface area (Å²) in [4.78, 5) is 0. The van der Waals surface area contributed by atoms with Gasteiger partial charge in [-0.15, -0.1) is 0 Å². The van der Waals surface area contributed by atoms with Gasteiger partial charge in [0.15, 0.2) is 0 Å². The average Bonchev–Trinajstić information content (AvgIpc) is 2.28. The van der Waals surface area contributed by atoms with Crippen molar-refractivity contribution in [3.05, 3.63) is 24.8 Å². The summed E-state index contributed by atoms with van der Waals surface area (Å²) < 4.78 is 10.9. The molecule has 0 aromatic carbocycles. The molecule has 0 amide bonds. The van der Waals surface area contributed by atoms with E-state index in [4.69, 9.17) is 9.47 Å². The van der Waals surface area contributed by atoms with E-state index in [1.165, 1.54) is 6.08 Å². The van der Waals surface area contributed by atoms with Gasteiger partial charge in [-0.3, -0.25) is 0 Å². The van der Waals surface area contributed by atoms with Crippen LogP contribution in [0.2, 0.25) is 0 Å². The van der Waals surface area contributed by atoms with E-state index >= 15 is 0 Å². The SMILES string of the molecule is C=CC(OCC)(OCC)C(O)/C=C/CCC. The lowest BCUT2D eigenvalue weighted by Crippen LogP contribution is -2.44. The van der Waals surface area contributed by atoms with Crippen LogP contribution in [0, 0.1) is 0 Å². The molecular formula is C13H24O3. The van der Waals surface area contributed by atoms with Crippen LogP contribution in [0.5, 0.6) is 0 Å². The average molecular weight is 228 g/mol. The summed E-state index contributed by atoms with van der Waals surface area (Å²) in [7, 11) is 0. The van der Waals surface area contributed by atoms with Crippen LogP contribution in [0.15, 0.2) is 24.8 Å². The van der Waals surface area contributed by atoms with E-state index in [1.807, 2.05) is 19.9 Å². The molecule has 1 atom stereocenters. The van der Waals surface area contributed by atoms with Gasteiger partial charge < -0.3 is 14.6 Å². The van der Waals surface area contributed by atoms with Gasteiger partial charge >= 0.3 is 0 Å². The molecular weight excluding hydrogens is 204 g/mol. The summed E-state index contributed by atoms with van der Waals surface area (Å²) in [5, 5.41) is 10.0. The molecule has 0 saturated heterocycles. The molecule has 0 spiro atoms. The lowest BCUT2D eigenvalue weighted by atomic mass is 10.1. The first-order chi connectivity index (χ1) is 7.66. The number of hydrogen-bond donors (Lipinski definition) is 1. The lowest BCUT2D eigenvalue weighted by Gasteiger charge is -2.33. The Morgan fingerprint density at radius 2 is 1.81 bits per heavy atom. The number of aliphatic hydroxyl groups excluding tert-OH is 1. The fraction of sp³-hybridized carbons (Fsp3) is 0.692. The van der Waals surface area contributed by atoms with Crippen LogP contribution >= 0.6 is 0 Å². The molecule has 1 unspecified atom stereocenters. The summed E-state index contributed by atoms with van der Waals surface area (Å²) in [6.45, 7) is 10.4. The van der Waals surface area contributed by atoms with Crippen LogP contribution in [-0.2, 0) is 9.47 Å². The topological polar surface area (TPSA) is 38.7 Å². The molecule has 3 nitrogen and oxygen atoms in total. The van der Waals surface area contributed by atoms with Crippen molar-refractivity contribution in [2.24, 2.45) is 0 Å². The standard InChI is InChI=1S/C13H24O3/c1-5-9-10-11-12(14)13(6-2,15-7-3)16-8-4/h6,10-12,14H,2,5,7-9H2,1,3-4H3/b11-10+. The molecule has 16 heavy (non-hydrogen) atoms. The minimum absolute atomic E-state index is 0.463. The normalized spacial score (nSPS) is 14.2. The summed E-state index contributed by atoms with van der Waals surface area (Å²) >= 11 is 0. The van der Waals surface area contributed by atoms with Crippen LogP contribution in [0.25, 0.3) is 0 Å². The molecule has 0 radical (unpaired) electrons. The summed E-state index contributed by atoms with van der Waals surface area (Å²) in [5.41, 5.74) is 0. The molecule has 1 N–H and O–H groups in total. The predicted octanol–water partition coefficient (Wildman–Crippen LogP) is 2.66. The van der Waals surface area contributed by atoms with Crippen molar-refractivity contribution < 1.29 is 14.6 Å². The van der Waals surface area contributed by atoms with E-state index in [9.17, 15) is 5.11 Å². The van der Waals surface area contributed by atoms with Crippen molar-refractivity contribution in [2.75, 3.05) is 13.2 Å². The van der Waals surface area contributed by atoms with Crippen molar-refractivity contribution in [3.8, 4) is 0 Å². The fourth-order valence-electron chi connectivity index (χ4n) is 1.43. The van der Waals surface area contributed by atoms with Gasteiger partial charge in [-0.2, -0.15) is 0 Å². The number of unbranched alkanes of at least 4 members (excludes halogenated alkanes) is 1. The first-order valence-corrected chi connectivity index (χ1v) is 5.93. The third kappa shape index (κ3) is 4.47. The lowest BCUT2D eigenvalue weighted by molar-refractivity contribution is -0.237. The number of rotatable bonds is 9. The summed E-state index contributed by atoms with van der Waals surface area (Å²) in [6, 6.07) is 0. The van der Waals surface area contributed by atoms with Gasteiger partial charge in [-0.1, -0.05) is 32.1 Å². The Morgan fingerprint density at radius 1 is 1.25 bits per heavy atom. The Hall–Kier alpha value is -0.640. The Kier molecular flexibility index (Phi) is 8.16. The van der Waals surface area contributed by atoms with E-state index in [0.717, 1.165) is 12.8 Å². The minimum atomic E-state index is -1.12. The van der Waals surface area contributed by atoms with Crippen LogP contribution < -0.4 is 0 Å². The quantitative estimate of drug-likeness (QED) is 0.487. The van der Waals surface area contributed by atoms with E-state index in [0.29, 0.717) is 13.2 Å². The number of aliphatic hydroxyl groups is 1. The molecule has 0 aliphatic carbocycles. The largest absolute Gasteiger partial charge is 0.383 e. The highest BCUT2D eigenvalue weighted by Crippen LogP contribution is 2.21. The molecule has 0 heterocycles. The molecule has 0 fully saturated rings. The van der Waals surface area contributed by atoms with E-state index < -0.39 is 11.9 Å². The molecule has 0 aliphatic rings. The second-order valence-corrected chi connectivity index (χ2v) is 3.45. The van der Waals surface area contributed by atoms with Crippen molar-refractivity contribution >= 4 is 0 Å². The molecule has 0 saturated carbocycles. The Bertz CT molecular complexity index is 205. The zero-order valence-electron chi connectivity index (χ0n) is 10.6. The molecule has 0 rings (SSSR count). The van der Waals surface area contributed by atoms with Gasteiger partial charge in [-0.25, -0.2) is 0 Å². The fourth-order valence-corrected chi connectivity index (χ4v) is 1.43. The minimum Gasteiger partial charge on any atom is -0.383 e. The van der Waals surface area contributed by atoms with Gasteiger partial charge in [0, 0.05) is 13.2 Å². The van der Waals surface area contributed by atoms with E-state index in [1.54, 1.807) is 6.08 Å². The van der Waals surface area contributed by atoms with Crippen molar-refractivity contribution in [2.45, 2.75) is 45.5 Å². The van der Waals surface area contributed by atoms with Crippen molar-refractivity contribution in [1.82, 2.24) is 0 Å². The Morgan fingerprint density at radius 3 is 2.19 bits per heavy atom. The Labute approximate surface area is 98.8 Å². The first-order valence-electron chi connectivity index (χ1n) is 5.93. The molecule has 0 bridgehead atoms. The van der Waals surface area contributed by atoms with Gasteiger partial charge in [0.05, 0.1) is 0 Å². The van der Waals surface area contributed by atoms with Crippen LogP contribution in [0.3, 0.4) is 0 Å². The van der Waals surface area contributed by atoms with Gasteiger partial charge in [0.1, 0.15) is 6.10 Å². The van der Waals surface area contributed by atoms with Crippen LogP contribution in [0.1, 0.15) is 33.6 Å². The number of ether oxygens (including phenoxy) is 2. The molecule has 3 heteroatoms. The zero-order valence-corrected chi connectivity index (χ0v) is 10.6. The smallest absolute Gasteiger partial charge is 0.218 e. The second-order valence-electron chi connectivity index (χ2n) is 3.45. The van der Waals surface area contributed by atoms with E-state index in [-0.39, 0.29) is 0 Å². The maximum absolute atomic E-state index is 10.0. The molecule has 0 aromatic heterocycles. The monoisotopic (exact) mass is 228 g/mol.